The number of carbonyl (C=O) groups excluding carboxylic acids is 1. The molecule has 0 bridgehead atoms. The summed E-state index contributed by atoms with van der Waals surface area (Å²) < 4.78 is 2.02. The van der Waals surface area contributed by atoms with Crippen molar-refractivity contribution in [3.63, 3.8) is 0 Å². The van der Waals surface area contributed by atoms with Crippen LogP contribution in [0.4, 0.5) is 0 Å². The number of amides is 1. The molecule has 0 saturated carbocycles. The van der Waals surface area contributed by atoms with Crippen LogP contribution in [0, 0.1) is 5.41 Å². The van der Waals surface area contributed by atoms with E-state index in [0.29, 0.717) is 12.2 Å². The summed E-state index contributed by atoms with van der Waals surface area (Å²) in [5.41, 5.74) is 3.18. The molecule has 0 fully saturated rings. The van der Waals surface area contributed by atoms with E-state index in [0.717, 1.165) is 24.1 Å². The molecule has 0 unspecified atom stereocenters. The molecule has 100 valence electrons. The van der Waals surface area contributed by atoms with Crippen LogP contribution in [0.2, 0.25) is 0 Å². The Bertz CT molecular complexity index is 566. The quantitative estimate of drug-likeness (QED) is 0.497. The Balaban J connectivity index is 2.28. The van der Waals surface area contributed by atoms with E-state index in [9.17, 15) is 4.79 Å². The lowest BCUT2D eigenvalue weighted by Gasteiger charge is -2.14. The fourth-order valence-corrected chi connectivity index (χ4v) is 2.35. The van der Waals surface area contributed by atoms with Crippen molar-refractivity contribution >= 4 is 18.7 Å². The summed E-state index contributed by atoms with van der Waals surface area (Å²) >= 11 is 0. The van der Waals surface area contributed by atoms with Gasteiger partial charge in [-0.15, -0.1) is 0 Å². The minimum Gasteiger partial charge on any atom is -0.313 e. The number of carbonyl (C=O) groups is 1. The predicted molar refractivity (Wildman–Crippen MR) is 75.6 cm³/mol. The zero-order valence-corrected chi connectivity index (χ0v) is 11.3. The second-order valence-corrected chi connectivity index (χ2v) is 5.48. The smallest absolute Gasteiger partial charge is 0.212 e. The topological polar surface area (TPSA) is 59.3 Å². The van der Waals surface area contributed by atoms with Crippen LogP contribution in [0.3, 0.4) is 0 Å². The first-order chi connectivity index (χ1) is 8.96. The lowest BCUT2D eigenvalue weighted by atomic mass is 9.89. The molecule has 0 atom stereocenters. The lowest BCUT2D eigenvalue weighted by molar-refractivity contribution is -0.108. The number of rotatable bonds is 5. The number of hydrogen-bond donors (Lipinski definition) is 1. The fourth-order valence-electron chi connectivity index (χ4n) is 2.35. The third-order valence-corrected chi connectivity index (χ3v) is 3.21. The first-order valence-corrected chi connectivity index (χ1v) is 6.09. The minimum absolute atomic E-state index is 0.225. The Morgan fingerprint density at radius 2 is 2.37 bits per heavy atom. The van der Waals surface area contributed by atoms with Crippen molar-refractivity contribution < 1.29 is 4.79 Å². The Labute approximate surface area is 112 Å². The van der Waals surface area contributed by atoms with Gasteiger partial charge >= 0.3 is 0 Å². The first-order valence-electron chi connectivity index (χ1n) is 6.09. The van der Waals surface area contributed by atoms with E-state index in [2.05, 4.69) is 42.6 Å². The van der Waals surface area contributed by atoms with Crippen LogP contribution in [0.15, 0.2) is 29.7 Å². The second-order valence-electron chi connectivity index (χ2n) is 5.48. The van der Waals surface area contributed by atoms with Crippen LogP contribution in [0.1, 0.15) is 25.1 Å². The maximum absolute atomic E-state index is 10.4. The van der Waals surface area contributed by atoms with Gasteiger partial charge in [-0.05, 0) is 30.2 Å². The highest BCUT2D eigenvalue weighted by Gasteiger charge is 2.31. The molecule has 0 radical (unpaired) electrons. The molecule has 1 aliphatic rings. The maximum Gasteiger partial charge on any atom is 0.212 e. The molecule has 1 amide bonds. The standard InChI is InChI=1S/C14H18N4O/c1-10(5-13(15-4)16-9-19)11-7-17-18-8-14(2,3)6-12(11)18/h5,7,9H,1,4,6,8H2,2-3H3,(H,16,19)/b13-5+. The highest BCUT2D eigenvalue weighted by Crippen LogP contribution is 2.35. The third kappa shape index (κ3) is 2.65. The molecular formula is C14H18N4O. The fraction of sp³-hybridized carbons (Fsp3) is 0.357. The van der Waals surface area contributed by atoms with E-state index >= 15 is 0 Å². The molecule has 1 aromatic rings. The molecule has 1 N–H and O–H groups in total. The van der Waals surface area contributed by atoms with E-state index < -0.39 is 0 Å². The Morgan fingerprint density at radius 3 is 3.00 bits per heavy atom. The number of nitrogens with one attached hydrogen (secondary N) is 1. The molecule has 0 saturated heterocycles. The number of aliphatic imine (C=N–C) groups is 1. The van der Waals surface area contributed by atoms with Gasteiger partial charge in [-0.25, -0.2) is 4.99 Å². The van der Waals surface area contributed by atoms with Gasteiger partial charge in [0.1, 0.15) is 5.82 Å². The van der Waals surface area contributed by atoms with Gasteiger partial charge in [0.2, 0.25) is 6.41 Å². The van der Waals surface area contributed by atoms with Gasteiger partial charge in [-0.1, -0.05) is 20.4 Å². The molecule has 2 heterocycles. The SMILES string of the molecule is C=N/C(=C\C(=C)c1cnn2c1CC(C)(C)C2)NC=O. The Morgan fingerprint density at radius 1 is 1.63 bits per heavy atom. The van der Waals surface area contributed by atoms with Crippen LogP contribution in [-0.4, -0.2) is 22.9 Å². The monoisotopic (exact) mass is 258 g/mol. The van der Waals surface area contributed by atoms with Crippen molar-refractivity contribution in [3.8, 4) is 0 Å². The van der Waals surface area contributed by atoms with Crippen molar-refractivity contribution in [1.82, 2.24) is 15.1 Å². The largest absolute Gasteiger partial charge is 0.313 e. The number of hydrogen-bond acceptors (Lipinski definition) is 3. The summed E-state index contributed by atoms with van der Waals surface area (Å²) in [6.07, 6.45) is 5.04. The maximum atomic E-state index is 10.4. The molecule has 2 rings (SSSR count). The number of aromatic nitrogens is 2. The average molecular weight is 258 g/mol. The van der Waals surface area contributed by atoms with Crippen molar-refractivity contribution in [2.24, 2.45) is 10.4 Å². The number of nitrogens with zero attached hydrogens (tertiary/aromatic N) is 3. The molecule has 1 aromatic heterocycles. The van der Waals surface area contributed by atoms with E-state index in [1.165, 1.54) is 5.69 Å². The molecule has 5 heteroatoms. The zero-order valence-electron chi connectivity index (χ0n) is 11.3. The van der Waals surface area contributed by atoms with Crippen LogP contribution in [0.5, 0.6) is 0 Å². The summed E-state index contributed by atoms with van der Waals surface area (Å²) in [6.45, 7) is 12.8. The zero-order chi connectivity index (χ0) is 14.0. The lowest BCUT2D eigenvalue weighted by Crippen LogP contribution is -2.12. The van der Waals surface area contributed by atoms with Crippen molar-refractivity contribution in [1.29, 1.82) is 0 Å². The summed E-state index contributed by atoms with van der Waals surface area (Å²) in [4.78, 5) is 14.2. The molecule has 0 aliphatic carbocycles. The normalized spacial score (nSPS) is 16.8. The average Bonchev–Trinajstić information content (AvgIpc) is 2.83. The van der Waals surface area contributed by atoms with Gasteiger partial charge in [0.05, 0.1) is 6.20 Å². The summed E-state index contributed by atoms with van der Waals surface area (Å²) in [5, 5.41) is 6.86. The van der Waals surface area contributed by atoms with Gasteiger partial charge in [0.25, 0.3) is 0 Å². The van der Waals surface area contributed by atoms with E-state index in [4.69, 9.17) is 0 Å². The number of fused-ring (bicyclic) bond motifs is 1. The molecule has 1 aliphatic heterocycles. The van der Waals surface area contributed by atoms with Gasteiger partial charge in [0, 0.05) is 17.8 Å². The summed E-state index contributed by atoms with van der Waals surface area (Å²) in [7, 11) is 0. The second kappa shape index (κ2) is 4.84. The highest BCUT2D eigenvalue weighted by molar-refractivity contribution is 5.74. The van der Waals surface area contributed by atoms with Crippen LogP contribution in [-0.2, 0) is 17.8 Å². The molecular weight excluding hydrogens is 240 g/mol. The van der Waals surface area contributed by atoms with Gasteiger partial charge in [0.15, 0.2) is 0 Å². The van der Waals surface area contributed by atoms with Crippen molar-refractivity contribution in [2.75, 3.05) is 0 Å². The van der Waals surface area contributed by atoms with Crippen molar-refractivity contribution in [3.05, 3.63) is 35.9 Å². The third-order valence-electron chi connectivity index (χ3n) is 3.21. The molecule has 0 aromatic carbocycles. The molecule has 19 heavy (non-hydrogen) atoms. The van der Waals surface area contributed by atoms with Crippen LogP contribution in [0.25, 0.3) is 5.57 Å². The minimum atomic E-state index is 0.225. The Hall–Kier alpha value is -2.17. The summed E-state index contributed by atoms with van der Waals surface area (Å²) in [5.74, 6) is 0.386. The highest BCUT2D eigenvalue weighted by atomic mass is 16.1. The van der Waals surface area contributed by atoms with Gasteiger partial charge < -0.3 is 5.32 Å². The van der Waals surface area contributed by atoms with Gasteiger partial charge in [-0.3, -0.25) is 9.48 Å². The summed E-state index contributed by atoms with van der Waals surface area (Å²) in [6, 6.07) is 0. The first kappa shape index (κ1) is 13.3. The number of allylic oxidation sites excluding steroid dienone is 2. The molecule has 0 spiro atoms. The van der Waals surface area contributed by atoms with E-state index in [1.807, 2.05) is 10.9 Å². The van der Waals surface area contributed by atoms with Gasteiger partial charge in [-0.2, -0.15) is 5.10 Å². The van der Waals surface area contributed by atoms with Crippen molar-refractivity contribution in [2.45, 2.75) is 26.8 Å². The molecule has 5 nitrogen and oxygen atoms in total. The predicted octanol–water partition coefficient (Wildman–Crippen LogP) is 1.77. The Kier molecular flexibility index (Phi) is 3.38. The van der Waals surface area contributed by atoms with E-state index in [1.54, 1.807) is 6.08 Å². The van der Waals surface area contributed by atoms with Crippen LogP contribution < -0.4 is 5.32 Å². The van der Waals surface area contributed by atoms with E-state index in [-0.39, 0.29) is 5.41 Å². The van der Waals surface area contributed by atoms with Crippen LogP contribution >= 0.6 is 0 Å².